The van der Waals surface area contributed by atoms with Crippen molar-refractivity contribution in [2.45, 2.75) is 284 Å². The molecule has 1 atom stereocenters. The summed E-state index contributed by atoms with van der Waals surface area (Å²) in [7, 11) is 0. The first-order valence-corrected chi connectivity index (χ1v) is 29.1. The summed E-state index contributed by atoms with van der Waals surface area (Å²) in [6.07, 6.45) is 74.3. The van der Waals surface area contributed by atoms with Crippen molar-refractivity contribution >= 4 is 17.9 Å². The first-order valence-electron chi connectivity index (χ1n) is 29.1. The van der Waals surface area contributed by atoms with Crippen molar-refractivity contribution in [1.82, 2.24) is 0 Å². The van der Waals surface area contributed by atoms with Gasteiger partial charge in [0.2, 0.25) is 0 Å². The van der Waals surface area contributed by atoms with Gasteiger partial charge in [-0.2, -0.15) is 0 Å². The summed E-state index contributed by atoms with van der Waals surface area (Å²) in [5.74, 6) is -0.896. The Kier molecular flexibility index (Phi) is 54.3. The maximum Gasteiger partial charge on any atom is 0.306 e. The number of ether oxygens (including phenoxy) is 3. The Morgan fingerprint density at radius 2 is 0.580 bits per heavy atom. The number of allylic oxidation sites excluding steroid dienone is 14. The Labute approximate surface area is 426 Å². The Bertz CT molecular complexity index is 1330. The van der Waals surface area contributed by atoms with Crippen LogP contribution in [0.25, 0.3) is 0 Å². The van der Waals surface area contributed by atoms with Gasteiger partial charge in [-0.3, -0.25) is 14.4 Å². The molecule has 0 aliphatic heterocycles. The van der Waals surface area contributed by atoms with Gasteiger partial charge in [0, 0.05) is 19.3 Å². The molecule has 0 radical (unpaired) electrons. The third-order valence-corrected chi connectivity index (χ3v) is 12.4. The highest BCUT2D eigenvalue weighted by Gasteiger charge is 2.19. The van der Waals surface area contributed by atoms with Crippen LogP contribution in [-0.4, -0.2) is 37.2 Å². The molecule has 0 heterocycles. The molecule has 1 unspecified atom stereocenters. The fourth-order valence-electron chi connectivity index (χ4n) is 8.02. The largest absolute Gasteiger partial charge is 0.462 e. The quantitative estimate of drug-likeness (QED) is 0.0262. The normalized spacial score (nSPS) is 12.7. The van der Waals surface area contributed by atoms with Gasteiger partial charge >= 0.3 is 17.9 Å². The second-order valence-corrected chi connectivity index (χ2v) is 19.2. The molecule has 0 saturated carbocycles. The van der Waals surface area contributed by atoms with E-state index < -0.39 is 6.10 Å². The van der Waals surface area contributed by atoms with E-state index in [2.05, 4.69) is 106 Å². The molecule has 0 saturated heterocycles. The van der Waals surface area contributed by atoms with E-state index in [0.29, 0.717) is 19.3 Å². The standard InChI is InChI=1S/C63H108O6/c1-4-7-10-13-16-19-22-25-27-28-29-30-31-32-33-34-35-36-37-39-41-44-47-50-53-56-62(65)68-59-60(58-67-61(64)55-52-49-46-43-40-24-21-18-15-12-9-6-3)69-63(66)57-54-51-48-45-42-38-26-23-20-17-14-11-8-5-2/h7,10,14,16-17,19,23,25-27,29-30,32-33,60H,4-6,8-9,11-13,15,18,20-22,24,28,31,34-59H2,1-3H3/b10-7-,17-14-,19-16-,26-23-,27-25-,30-29-,33-32-. The average molecular weight is 962 g/mol. The highest BCUT2D eigenvalue weighted by atomic mass is 16.6. The summed E-state index contributed by atoms with van der Waals surface area (Å²) in [5, 5.41) is 0. The molecule has 0 aliphatic rings. The number of esters is 3. The maximum absolute atomic E-state index is 12.8. The number of rotatable bonds is 52. The van der Waals surface area contributed by atoms with E-state index in [9.17, 15) is 14.4 Å². The summed E-state index contributed by atoms with van der Waals surface area (Å²) in [5.41, 5.74) is 0. The molecular weight excluding hydrogens is 853 g/mol. The fourth-order valence-corrected chi connectivity index (χ4v) is 8.02. The monoisotopic (exact) mass is 961 g/mol. The molecule has 0 aromatic rings. The highest BCUT2D eigenvalue weighted by Crippen LogP contribution is 2.15. The summed E-state index contributed by atoms with van der Waals surface area (Å²) in [4.78, 5) is 38.1. The minimum atomic E-state index is -0.784. The molecule has 6 nitrogen and oxygen atoms in total. The van der Waals surface area contributed by atoms with E-state index in [1.165, 1.54) is 116 Å². The average Bonchev–Trinajstić information content (AvgIpc) is 3.35. The number of carbonyl (C=O) groups is 3. The third-order valence-electron chi connectivity index (χ3n) is 12.4. The molecule has 0 bridgehead atoms. The number of unbranched alkanes of at least 4 members (excludes halogenated alkanes) is 27. The number of hydrogen-bond acceptors (Lipinski definition) is 6. The van der Waals surface area contributed by atoms with Crippen LogP contribution < -0.4 is 0 Å². The van der Waals surface area contributed by atoms with Crippen molar-refractivity contribution in [2.24, 2.45) is 0 Å². The molecule has 0 aromatic heterocycles. The number of hydrogen-bond donors (Lipinski definition) is 0. The summed E-state index contributed by atoms with van der Waals surface area (Å²) in [6.45, 7) is 6.48. The third kappa shape index (κ3) is 55.4. The van der Waals surface area contributed by atoms with E-state index in [0.717, 1.165) is 122 Å². The van der Waals surface area contributed by atoms with Gasteiger partial charge in [0.15, 0.2) is 6.10 Å². The van der Waals surface area contributed by atoms with Gasteiger partial charge in [-0.1, -0.05) is 254 Å². The van der Waals surface area contributed by atoms with E-state index in [1.54, 1.807) is 0 Å². The molecule has 69 heavy (non-hydrogen) atoms. The van der Waals surface area contributed by atoms with Gasteiger partial charge in [0.05, 0.1) is 0 Å². The predicted molar refractivity (Wildman–Crippen MR) is 297 cm³/mol. The van der Waals surface area contributed by atoms with E-state index in [1.807, 2.05) is 0 Å². The van der Waals surface area contributed by atoms with Crippen molar-refractivity contribution in [1.29, 1.82) is 0 Å². The molecule has 0 rings (SSSR count). The van der Waals surface area contributed by atoms with Crippen LogP contribution in [0.3, 0.4) is 0 Å². The lowest BCUT2D eigenvalue weighted by atomic mass is 10.0. The minimum absolute atomic E-state index is 0.0818. The second-order valence-electron chi connectivity index (χ2n) is 19.2. The van der Waals surface area contributed by atoms with Crippen LogP contribution in [0.5, 0.6) is 0 Å². The molecule has 0 spiro atoms. The van der Waals surface area contributed by atoms with Crippen LogP contribution in [0.15, 0.2) is 85.1 Å². The van der Waals surface area contributed by atoms with Crippen molar-refractivity contribution in [3.8, 4) is 0 Å². The lowest BCUT2D eigenvalue weighted by Gasteiger charge is -2.18. The van der Waals surface area contributed by atoms with Crippen LogP contribution in [0.2, 0.25) is 0 Å². The molecule has 396 valence electrons. The molecule has 0 N–H and O–H groups in total. The predicted octanol–water partition coefficient (Wildman–Crippen LogP) is 19.5. The zero-order chi connectivity index (χ0) is 50.0. The van der Waals surface area contributed by atoms with Crippen molar-refractivity contribution in [3.63, 3.8) is 0 Å². The molecular formula is C63H108O6. The maximum atomic E-state index is 12.8. The lowest BCUT2D eigenvalue weighted by molar-refractivity contribution is -0.167. The smallest absolute Gasteiger partial charge is 0.306 e. The molecule has 0 fully saturated rings. The zero-order valence-electron chi connectivity index (χ0n) is 45.3. The van der Waals surface area contributed by atoms with E-state index in [4.69, 9.17) is 14.2 Å². The SMILES string of the molecule is CC/C=C\C/C=C\C/C=C\C/C=C\C/C=C\CCCCCCCCCCCC(=O)OCC(COC(=O)CCCCCCCCCCCCCC)OC(=O)CCCCCCC/C=C\C/C=C\CCCC. The zero-order valence-corrected chi connectivity index (χ0v) is 45.3. The summed E-state index contributed by atoms with van der Waals surface area (Å²) >= 11 is 0. The van der Waals surface area contributed by atoms with Gasteiger partial charge in [-0.05, 0) is 89.9 Å². The van der Waals surface area contributed by atoms with Crippen LogP contribution >= 0.6 is 0 Å². The Morgan fingerprint density at radius 1 is 0.304 bits per heavy atom. The minimum Gasteiger partial charge on any atom is -0.462 e. The van der Waals surface area contributed by atoms with Crippen LogP contribution in [-0.2, 0) is 28.6 Å². The van der Waals surface area contributed by atoms with Gasteiger partial charge in [0.25, 0.3) is 0 Å². The van der Waals surface area contributed by atoms with Gasteiger partial charge in [-0.15, -0.1) is 0 Å². The van der Waals surface area contributed by atoms with Crippen LogP contribution in [0.1, 0.15) is 278 Å². The second kappa shape index (κ2) is 57.2. The Hall–Kier alpha value is -3.41. The van der Waals surface area contributed by atoms with Crippen LogP contribution in [0.4, 0.5) is 0 Å². The summed E-state index contributed by atoms with van der Waals surface area (Å²) < 4.78 is 16.8. The lowest BCUT2D eigenvalue weighted by Crippen LogP contribution is -2.30. The first-order chi connectivity index (χ1) is 34.0. The van der Waals surface area contributed by atoms with Gasteiger partial charge in [-0.25, -0.2) is 0 Å². The van der Waals surface area contributed by atoms with Crippen molar-refractivity contribution < 1.29 is 28.6 Å². The van der Waals surface area contributed by atoms with Crippen molar-refractivity contribution in [2.75, 3.05) is 13.2 Å². The molecule has 6 heteroatoms. The fraction of sp³-hybridized carbons (Fsp3) is 0.730. The molecule has 0 aromatic carbocycles. The van der Waals surface area contributed by atoms with E-state index >= 15 is 0 Å². The molecule has 0 aliphatic carbocycles. The van der Waals surface area contributed by atoms with Gasteiger partial charge < -0.3 is 14.2 Å². The topological polar surface area (TPSA) is 78.9 Å². The Morgan fingerprint density at radius 3 is 0.928 bits per heavy atom. The Balaban J connectivity index is 4.30. The van der Waals surface area contributed by atoms with Crippen LogP contribution in [0, 0.1) is 0 Å². The molecule has 0 amide bonds. The highest BCUT2D eigenvalue weighted by molar-refractivity contribution is 5.71. The first kappa shape index (κ1) is 65.6. The number of carbonyl (C=O) groups excluding carboxylic acids is 3. The summed E-state index contributed by atoms with van der Waals surface area (Å²) in [6, 6.07) is 0. The van der Waals surface area contributed by atoms with E-state index in [-0.39, 0.29) is 31.1 Å². The van der Waals surface area contributed by atoms with Crippen molar-refractivity contribution in [3.05, 3.63) is 85.1 Å². The van der Waals surface area contributed by atoms with Gasteiger partial charge in [0.1, 0.15) is 13.2 Å².